The topological polar surface area (TPSA) is 64.9 Å². The van der Waals surface area contributed by atoms with Gasteiger partial charge in [-0.25, -0.2) is 43.9 Å². The van der Waals surface area contributed by atoms with E-state index in [1.807, 2.05) is 0 Å². The van der Waals surface area contributed by atoms with Gasteiger partial charge in [0.05, 0.1) is 17.2 Å². The third-order valence-electron chi connectivity index (χ3n) is 7.83. The summed E-state index contributed by atoms with van der Waals surface area (Å²) in [6.45, 7) is -0.118. The molecule has 0 saturated heterocycles. The van der Waals surface area contributed by atoms with Crippen LogP contribution in [0.15, 0.2) is 41.4 Å². The minimum atomic E-state index is -2.34. The molecule has 4 aromatic carbocycles. The molecular formula is C32H22F10N2O2. The van der Waals surface area contributed by atoms with Crippen LogP contribution in [0.4, 0.5) is 43.9 Å². The molecule has 4 aromatic rings. The average molecular weight is 657 g/mol. The molecule has 1 fully saturated rings. The van der Waals surface area contributed by atoms with Crippen LogP contribution in [0.2, 0.25) is 0 Å². The Morgan fingerprint density at radius 2 is 1.07 bits per heavy atom. The van der Waals surface area contributed by atoms with Gasteiger partial charge >= 0.3 is 0 Å². The summed E-state index contributed by atoms with van der Waals surface area (Å²) in [5.74, 6) is -23.3. The highest BCUT2D eigenvalue weighted by molar-refractivity contribution is 5.89. The molecular weight excluding hydrogens is 634 g/mol. The van der Waals surface area contributed by atoms with E-state index >= 15 is 0 Å². The van der Waals surface area contributed by atoms with Crippen molar-refractivity contribution in [2.24, 2.45) is 4.99 Å². The molecule has 0 aliphatic heterocycles. The Kier molecular flexibility index (Phi) is 9.29. The number of aliphatic imine (C=N–C) groups is 1. The normalized spacial score (nSPS) is 16.8. The van der Waals surface area contributed by atoms with Gasteiger partial charge in [-0.1, -0.05) is 43.2 Å². The first kappa shape index (κ1) is 32.8. The molecule has 14 heteroatoms. The fraction of sp³-hybridized carbons (Fsp3) is 0.219. The number of rotatable bonds is 7. The Hall–Kier alpha value is -4.59. The van der Waals surface area contributed by atoms with E-state index in [-0.39, 0.29) is 23.7 Å². The third kappa shape index (κ3) is 5.77. The molecule has 0 amide bonds. The van der Waals surface area contributed by atoms with Gasteiger partial charge in [0.15, 0.2) is 46.5 Å². The van der Waals surface area contributed by atoms with Crippen molar-refractivity contribution >= 4 is 6.21 Å². The molecule has 0 heterocycles. The van der Waals surface area contributed by atoms with Crippen LogP contribution in [-0.4, -0.2) is 28.5 Å². The Labute approximate surface area is 254 Å². The summed E-state index contributed by atoms with van der Waals surface area (Å²) in [7, 11) is 0. The van der Waals surface area contributed by atoms with Gasteiger partial charge in [-0.2, -0.15) is 0 Å². The fourth-order valence-corrected chi connectivity index (χ4v) is 5.43. The number of benzene rings is 4. The SMILES string of the molecule is Oc1c(C=N[C@@H]2CCCC[C@H]2NCc2cccc(-c3c(F)c(F)c(F)c(F)c3F)c2O)cccc1-c1c(F)c(F)c(F)c(F)c1F. The van der Waals surface area contributed by atoms with Gasteiger partial charge in [0.25, 0.3) is 0 Å². The molecule has 46 heavy (non-hydrogen) atoms. The van der Waals surface area contributed by atoms with Gasteiger partial charge in [0, 0.05) is 41.1 Å². The number of halogens is 10. The monoisotopic (exact) mass is 656 g/mol. The lowest BCUT2D eigenvalue weighted by Gasteiger charge is -2.30. The van der Waals surface area contributed by atoms with Crippen molar-refractivity contribution in [1.82, 2.24) is 5.32 Å². The summed E-state index contributed by atoms with van der Waals surface area (Å²) in [5.41, 5.74) is -3.88. The molecule has 4 nitrogen and oxygen atoms in total. The minimum Gasteiger partial charge on any atom is -0.507 e. The molecule has 3 N–H and O–H groups in total. The van der Waals surface area contributed by atoms with Gasteiger partial charge in [-0.15, -0.1) is 0 Å². The predicted molar refractivity (Wildman–Crippen MR) is 147 cm³/mol. The van der Waals surface area contributed by atoms with Crippen molar-refractivity contribution in [2.45, 2.75) is 44.3 Å². The van der Waals surface area contributed by atoms with Gasteiger partial charge in [0.1, 0.15) is 11.5 Å². The first-order valence-corrected chi connectivity index (χ1v) is 13.8. The molecule has 1 aliphatic carbocycles. The molecule has 242 valence electrons. The smallest absolute Gasteiger partial charge is 0.200 e. The van der Waals surface area contributed by atoms with Gasteiger partial charge < -0.3 is 15.5 Å². The van der Waals surface area contributed by atoms with Crippen LogP contribution in [0, 0.1) is 58.2 Å². The van der Waals surface area contributed by atoms with E-state index in [1.165, 1.54) is 30.5 Å². The number of nitrogens with zero attached hydrogens (tertiary/aromatic N) is 1. The summed E-state index contributed by atoms with van der Waals surface area (Å²) >= 11 is 0. The second-order valence-electron chi connectivity index (χ2n) is 10.6. The number of hydrogen-bond donors (Lipinski definition) is 3. The molecule has 2 atom stereocenters. The van der Waals surface area contributed by atoms with E-state index < -0.39 is 98.0 Å². The number of aromatic hydroxyl groups is 2. The highest BCUT2D eigenvalue weighted by atomic mass is 19.2. The van der Waals surface area contributed by atoms with Crippen molar-refractivity contribution in [3.8, 4) is 33.8 Å². The van der Waals surface area contributed by atoms with Crippen molar-refractivity contribution in [3.63, 3.8) is 0 Å². The number of hydrogen-bond acceptors (Lipinski definition) is 4. The molecule has 0 spiro atoms. The van der Waals surface area contributed by atoms with Crippen LogP contribution in [-0.2, 0) is 6.54 Å². The van der Waals surface area contributed by atoms with E-state index in [0.717, 1.165) is 25.0 Å². The van der Waals surface area contributed by atoms with Gasteiger partial charge in [-0.05, 0) is 18.9 Å². The Morgan fingerprint density at radius 1 is 0.609 bits per heavy atom. The first-order chi connectivity index (χ1) is 21.8. The lowest BCUT2D eigenvalue weighted by atomic mass is 9.90. The van der Waals surface area contributed by atoms with Crippen molar-refractivity contribution in [2.75, 3.05) is 0 Å². The van der Waals surface area contributed by atoms with Crippen LogP contribution in [0.25, 0.3) is 22.3 Å². The van der Waals surface area contributed by atoms with E-state index in [2.05, 4.69) is 10.3 Å². The largest absolute Gasteiger partial charge is 0.507 e. The maximum Gasteiger partial charge on any atom is 0.200 e. The number of phenolic OH excluding ortho intramolecular Hbond substituents is 2. The van der Waals surface area contributed by atoms with Crippen LogP contribution in [0.5, 0.6) is 11.5 Å². The molecule has 0 radical (unpaired) electrons. The summed E-state index contributed by atoms with van der Waals surface area (Å²) in [6, 6.07) is 6.28. The lowest BCUT2D eigenvalue weighted by molar-refractivity contribution is 0.327. The van der Waals surface area contributed by atoms with Crippen LogP contribution in [0.1, 0.15) is 36.8 Å². The Morgan fingerprint density at radius 3 is 1.61 bits per heavy atom. The van der Waals surface area contributed by atoms with Crippen LogP contribution < -0.4 is 5.32 Å². The molecule has 0 aromatic heterocycles. The summed E-state index contributed by atoms with van der Waals surface area (Å²) in [4.78, 5) is 4.45. The highest BCUT2D eigenvalue weighted by Gasteiger charge is 2.30. The number of phenols is 2. The van der Waals surface area contributed by atoms with E-state index in [9.17, 15) is 54.1 Å². The second kappa shape index (κ2) is 13.0. The third-order valence-corrected chi connectivity index (χ3v) is 7.83. The van der Waals surface area contributed by atoms with Crippen molar-refractivity contribution in [1.29, 1.82) is 0 Å². The second-order valence-corrected chi connectivity index (χ2v) is 10.6. The summed E-state index contributed by atoms with van der Waals surface area (Å²) in [5, 5.41) is 24.6. The van der Waals surface area contributed by atoms with E-state index in [0.29, 0.717) is 12.8 Å². The Balaban J connectivity index is 1.39. The number of para-hydroxylation sites is 2. The van der Waals surface area contributed by atoms with Crippen LogP contribution in [0.3, 0.4) is 0 Å². The van der Waals surface area contributed by atoms with Crippen molar-refractivity contribution in [3.05, 3.63) is 106 Å². The maximum absolute atomic E-state index is 14.4. The van der Waals surface area contributed by atoms with E-state index in [1.54, 1.807) is 0 Å². The minimum absolute atomic E-state index is 0.0721. The number of nitrogens with one attached hydrogen (secondary N) is 1. The standard InChI is InChI=1S/C32H22F10N2O2/c33-21-19(22(34)26(38)29(41)25(21)37)15-7-3-5-13(31(15)45)11-43-17-9-1-2-10-18(17)44-12-14-6-4-8-16(32(14)46)20-23(35)27(39)30(42)28(40)24(20)36/h3-8,11,17-18,44-46H,1-2,9-10,12H2/t17-,18-/m1/s1. The fourth-order valence-electron chi connectivity index (χ4n) is 5.43. The first-order valence-electron chi connectivity index (χ1n) is 13.8. The summed E-state index contributed by atoms with van der Waals surface area (Å²) in [6.07, 6.45) is 3.73. The highest BCUT2D eigenvalue weighted by Crippen LogP contribution is 2.39. The average Bonchev–Trinajstić information content (AvgIpc) is 3.05. The van der Waals surface area contributed by atoms with Gasteiger partial charge in [-0.3, -0.25) is 4.99 Å². The zero-order valence-corrected chi connectivity index (χ0v) is 23.4. The quantitative estimate of drug-likeness (QED) is 0.0812. The zero-order chi connectivity index (χ0) is 33.4. The Bertz CT molecular complexity index is 1810. The van der Waals surface area contributed by atoms with Crippen molar-refractivity contribution < 1.29 is 54.1 Å². The molecule has 0 unspecified atom stereocenters. The lowest BCUT2D eigenvalue weighted by Crippen LogP contribution is -2.40. The zero-order valence-electron chi connectivity index (χ0n) is 23.4. The molecule has 5 rings (SSSR count). The molecule has 0 bridgehead atoms. The predicted octanol–water partition coefficient (Wildman–Crippen LogP) is 8.34. The van der Waals surface area contributed by atoms with Gasteiger partial charge in [0.2, 0.25) is 11.6 Å². The molecule has 1 saturated carbocycles. The summed E-state index contributed by atoms with van der Waals surface area (Å²) < 4.78 is 140. The van der Waals surface area contributed by atoms with Crippen LogP contribution >= 0.6 is 0 Å². The molecule has 1 aliphatic rings. The maximum atomic E-state index is 14.4. The van der Waals surface area contributed by atoms with E-state index in [4.69, 9.17) is 0 Å².